The quantitative estimate of drug-likeness (QED) is 0.363. The Hall–Kier alpha value is -2.64. The topological polar surface area (TPSA) is 90.9 Å². The minimum Gasteiger partial charge on any atom is -0.468 e. The van der Waals surface area contributed by atoms with E-state index in [1.54, 1.807) is 25.1 Å². The molecule has 3 rings (SSSR count). The van der Waals surface area contributed by atoms with Crippen LogP contribution in [0.1, 0.15) is 45.6 Å². The zero-order valence-electron chi connectivity index (χ0n) is 19.6. The molecule has 1 N–H and O–H groups in total. The number of halogens is 1. The molecule has 0 amide bonds. The number of Topliss-reactive ketones (excluding diaryl/α,β-unsaturated/α-hetero) is 1. The highest BCUT2D eigenvalue weighted by molar-refractivity contribution is 6.30. The third-order valence-electron chi connectivity index (χ3n) is 5.91. The summed E-state index contributed by atoms with van der Waals surface area (Å²) in [6, 6.07) is 7.03. The van der Waals surface area contributed by atoms with Crippen molar-refractivity contribution < 1.29 is 28.6 Å². The molecule has 0 radical (unpaired) electrons. The van der Waals surface area contributed by atoms with Crippen molar-refractivity contribution in [1.82, 2.24) is 5.32 Å². The van der Waals surface area contributed by atoms with Gasteiger partial charge in [0.2, 0.25) is 0 Å². The maximum atomic E-state index is 13.6. The highest BCUT2D eigenvalue weighted by atomic mass is 35.5. The van der Waals surface area contributed by atoms with Crippen LogP contribution in [0.5, 0.6) is 0 Å². The number of esters is 2. The molecule has 0 bridgehead atoms. The van der Waals surface area contributed by atoms with Crippen molar-refractivity contribution in [2.45, 2.75) is 46.1 Å². The number of ketones is 1. The Morgan fingerprint density at radius 3 is 2.61 bits per heavy atom. The summed E-state index contributed by atoms with van der Waals surface area (Å²) < 4.78 is 15.9. The molecule has 0 saturated heterocycles. The van der Waals surface area contributed by atoms with Crippen LogP contribution < -0.4 is 5.32 Å². The second-order valence-electron chi connectivity index (χ2n) is 8.65. The van der Waals surface area contributed by atoms with E-state index in [1.165, 1.54) is 7.11 Å². The van der Waals surface area contributed by atoms with Gasteiger partial charge in [0.15, 0.2) is 5.78 Å². The lowest BCUT2D eigenvalue weighted by Crippen LogP contribution is -2.43. The first-order valence-corrected chi connectivity index (χ1v) is 11.4. The van der Waals surface area contributed by atoms with Crippen LogP contribution in [-0.4, -0.2) is 44.1 Å². The van der Waals surface area contributed by atoms with Crippen molar-refractivity contribution >= 4 is 29.3 Å². The molecule has 33 heavy (non-hydrogen) atoms. The number of rotatable bonds is 7. The SMILES string of the molecule is COC(=O)[C@H]1C(=O)C2=C(C[C@@H]1C)NC(C)=C(C(=O)OCCOC(C)C)[C@@H]2c1cccc(Cl)c1. The van der Waals surface area contributed by atoms with Crippen LogP contribution in [0.2, 0.25) is 5.02 Å². The maximum absolute atomic E-state index is 13.6. The molecule has 1 aromatic rings. The van der Waals surface area contributed by atoms with Gasteiger partial charge < -0.3 is 19.5 Å². The van der Waals surface area contributed by atoms with Gasteiger partial charge in [0.1, 0.15) is 12.5 Å². The molecule has 1 heterocycles. The highest BCUT2D eigenvalue weighted by Crippen LogP contribution is 2.45. The Morgan fingerprint density at radius 1 is 1.24 bits per heavy atom. The monoisotopic (exact) mass is 475 g/mol. The minimum atomic E-state index is -0.938. The molecule has 178 valence electrons. The number of benzene rings is 1. The van der Waals surface area contributed by atoms with E-state index in [-0.39, 0.29) is 31.0 Å². The average molecular weight is 476 g/mol. The molecule has 0 aromatic heterocycles. The van der Waals surface area contributed by atoms with Gasteiger partial charge in [-0.3, -0.25) is 9.59 Å². The first-order valence-electron chi connectivity index (χ1n) is 11.0. The van der Waals surface area contributed by atoms with Crippen LogP contribution in [0.25, 0.3) is 0 Å². The molecule has 0 fully saturated rings. The molecule has 7 nitrogen and oxygen atoms in total. The molecule has 0 unspecified atom stereocenters. The Balaban J connectivity index is 2.04. The lowest BCUT2D eigenvalue weighted by molar-refractivity contribution is -0.151. The first kappa shape index (κ1) is 25.0. The summed E-state index contributed by atoms with van der Waals surface area (Å²) >= 11 is 6.26. The molecule has 0 spiro atoms. The second-order valence-corrected chi connectivity index (χ2v) is 9.08. The maximum Gasteiger partial charge on any atom is 0.336 e. The molecule has 1 aliphatic heterocycles. The number of carbonyl (C=O) groups is 3. The van der Waals surface area contributed by atoms with Crippen molar-refractivity contribution in [3.63, 3.8) is 0 Å². The molecule has 1 aromatic carbocycles. The smallest absolute Gasteiger partial charge is 0.336 e. The van der Waals surface area contributed by atoms with E-state index in [4.69, 9.17) is 25.8 Å². The van der Waals surface area contributed by atoms with E-state index in [1.807, 2.05) is 26.8 Å². The number of hydrogen-bond acceptors (Lipinski definition) is 7. The van der Waals surface area contributed by atoms with E-state index in [9.17, 15) is 14.4 Å². The molecule has 1 aliphatic carbocycles. The van der Waals surface area contributed by atoms with Crippen molar-refractivity contribution in [3.8, 4) is 0 Å². The first-order chi connectivity index (χ1) is 15.6. The van der Waals surface area contributed by atoms with Gasteiger partial charge >= 0.3 is 11.9 Å². The van der Waals surface area contributed by atoms with E-state index < -0.39 is 23.8 Å². The zero-order valence-corrected chi connectivity index (χ0v) is 20.3. The molecular formula is C25H30ClNO6. The predicted octanol–water partition coefficient (Wildman–Crippen LogP) is 3.92. The Bertz CT molecular complexity index is 1010. The number of ether oxygens (including phenoxy) is 3. The Kier molecular flexibility index (Phi) is 7.97. The summed E-state index contributed by atoms with van der Waals surface area (Å²) in [6.45, 7) is 7.77. The van der Waals surface area contributed by atoms with Crippen molar-refractivity contribution in [2.24, 2.45) is 11.8 Å². The van der Waals surface area contributed by atoms with Crippen LogP contribution in [-0.2, 0) is 28.6 Å². The number of dihydropyridines is 1. The lowest BCUT2D eigenvalue weighted by Gasteiger charge is -2.38. The zero-order chi connectivity index (χ0) is 24.3. The van der Waals surface area contributed by atoms with Gasteiger partial charge in [0.05, 0.1) is 25.4 Å². The number of hydrogen-bond donors (Lipinski definition) is 1. The van der Waals surface area contributed by atoms with E-state index >= 15 is 0 Å². The fraction of sp³-hybridized carbons (Fsp3) is 0.480. The van der Waals surface area contributed by atoms with Gasteiger partial charge in [-0.2, -0.15) is 0 Å². The predicted molar refractivity (Wildman–Crippen MR) is 123 cm³/mol. The minimum absolute atomic E-state index is 0.0185. The molecule has 8 heteroatoms. The van der Waals surface area contributed by atoms with Crippen LogP contribution in [0.15, 0.2) is 46.8 Å². The fourth-order valence-corrected chi connectivity index (χ4v) is 4.67. The molecule has 3 atom stereocenters. The summed E-state index contributed by atoms with van der Waals surface area (Å²) in [5.41, 5.74) is 2.67. The van der Waals surface area contributed by atoms with E-state index in [0.717, 1.165) is 0 Å². The van der Waals surface area contributed by atoms with Gasteiger partial charge in [-0.05, 0) is 50.8 Å². The summed E-state index contributed by atoms with van der Waals surface area (Å²) in [4.78, 5) is 39.3. The molecule has 0 saturated carbocycles. The largest absolute Gasteiger partial charge is 0.468 e. The summed E-state index contributed by atoms with van der Waals surface area (Å²) in [6.07, 6.45) is 0.491. The summed E-state index contributed by atoms with van der Waals surface area (Å²) in [5, 5.41) is 3.71. The average Bonchev–Trinajstić information content (AvgIpc) is 2.75. The van der Waals surface area contributed by atoms with Gasteiger partial charge in [-0.15, -0.1) is 0 Å². The lowest BCUT2D eigenvalue weighted by atomic mass is 9.69. The summed E-state index contributed by atoms with van der Waals surface area (Å²) in [5.74, 6) is -3.38. The molecular weight excluding hydrogens is 446 g/mol. The highest BCUT2D eigenvalue weighted by Gasteiger charge is 2.47. The number of carbonyl (C=O) groups excluding carboxylic acids is 3. The van der Waals surface area contributed by atoms with E-state index in [2.05, 4.69) is 5.32 Å². The molecule has 2 aliphatic rings. The van der Waals surface area contributed by atoms with Crippen LogP contribution >= 0.6 is 11.6 Å². The van der Waals surface area contributed by atoms with Crippen molar-refractivity contribution in [2.75, 3.05) is 20.3 Å². The van der Waals surface area contributed by atoms with Crippen LogP contribution in [0, 0.1) is 11.8 Å². The third kappa shape index (κ3) is 5.31. The number of nitrogens with one attached hydrogen (secondary N) is 1. The summed E-state index contributed by atoms with van der Waals surface area (Å²) in [7, 11) is 1.27. The number of methoxy groups -OCH3 is 1. The van der Waals surface area contributed by atoms with Crippen LogP contribution in [0.3, 0.4) is 0 Å². The Morgan fingerprint density at radius 2 is 1.97 bits per heavy atom. The van der Waals surface area contributed by atoms with E-state index in [0.29, 0.717) is 39.5 Å². The van der Waals surface area contributed by atoms with Gasteiger partial charge in [0.25, 0.3) is 0 Å². The third-order valence-corrected chi connectivity index (χ3v) is 6.15. The normalized spacial score (nSPS) is 22.8. The Labute approximate surface area is 199 Å². The van der Waals surface area contributed by atoms with Crippen molar-refractivity contribution in [3.05, 3.63) is 57.4 Å². The van der Waals surface area contributed by atoms with Gasteiger partial charge in [-0.25, -0.2) is 4.79 Å². The second kappa shape index (κ2) is 10.5. The van der Waals surface area contributed by atoms with Crippen molar-refractivity contribution in [1.29, 1.82) is 0 Å². The van der Waals surface area contributed by atoms with Gasteiger partial charge in [-0.1, -0.05) is 30.7 Å². The van der Waals surface area contributed by atoms with Gasteiger partial charge in [0, 0.05) is 27.9 Å². The number of allylic oxidation sites excluding steroid dienone is 3. The fourth-order valence-electron chi connectivity index (χ4n) is 4.47. The van der Waals surface area contributed by atoms with Crippen LogP contribution in [0.4, 0.5) is 0 Å². The standard InChI is InChI=1S/C25H30ClNO6/c1-13(2)32-9-10-33-25(30)20-15(4)27-18-11-14(3)19(24(29)31-5)23(28)22(18)21(20)16-7-6-8-17(26)12-16/h6-8,12-14,19,21,27H,9-11H2,1-5H3/t14-,19+,21-/m0/s1.